The molecule has 0 saturated carbocycles. The Morgan fingerprint density at radius 1 is 1.13 bits per heavy atom. The van der Waals surface area contributed by atoms with Crippen molar-refractivity contribution >= 4 is 22.8 Å². The molecule has 2 aromatic carbocycles. The van der Waals surface area contributed by atoms with Gasteiger partial charge in [-0.2, -0.15) is 0 Å². The van der Waals surface area contributed by atoms with Gasteiger partial charge in [0, 0.05) is 54.3 Å². The zero-order chi connectivity index (χ0) is 21.2. The number of benzene rings is 2. The van der Waals surface area contributed by atoms with Crippen molar-refractivity contribution in [1.29, 1.82) is 5.41 Å². The molecular weight excluding hydrogens is 392 g/mol. The molecule has 0 bridgehead atoms. The van der Waals surface area contributed by atoms with Gasteiger partial charge in [0.2, 0.25) is 11.8 Å². The first-order valence-electron chi connectivity index (χ1n) is 10.4. The van der Waals surface area contributed by atoms with Crippen LogP contribution >= 0.6 is 0 Å². The number of nitrogens with one attached hydrogen (secondary N) is 2. The van der Waals surface area contributed by atoms with Gasteiger partial charge in [-0.25, -0.2) is 0 Å². The molecule has 0 aliphatic carbocycles. The smallest absolute Gasteiger partial charge is 0.248 e. The van der Waals surface area contributed by atoms with E-state index in [1.54, 1.807) is 0 Å². The van der Waals surface area contributed by atoms with E-state index in [4.69, 9.17) is 20.3 Å². The van der Waals surface area contributed by atoms with Gasteiger partial charge in [0.15, 0.2) is 0 Å². The number of hydrogen-bond acceptors (Lipinski definition) is 7. The summed E-state index contributed by atoms with van der Waals surface area (Å²) in [6, 6.07) is 12.0. The Balaban J connectivity index is 1.52. The first kappa shape index (κ1) is 19.5. The average molecular weight is 416 g/mol. The maximum Gasteiger partial charge on any atom is 0.248 e. The second-order valence-electron chi connectivity index (χ2n) is 7.66. The molecule has 0 radical (unpaired) electrons. The fraction of sp³-hybridized carbons (Fsp3) is 0.261. The molecule has 158 valence electrons. The van der Waals surface area contributed by atoms with Crippen LogP contribution in [-0.4, -0.2) is 52.6 Å². The molecular formula is C23H24N6O2. The summed E-state index contributed by atoms with van der Waals surface area (Å²) in [5.41, 5.74) is 11.1. The third-order valence-electron chi connectivity index (χ3n) is 5.63. The lowest BCUT2D eigenvalue weighted by molar-refractivity contribution is 0.138. The van der Waals surface area contributed by atoms with Gasteiger partial charge in [0.25, 0.3) is 0 Å². The molecule has 1 aliphatic rings. The molecule has 0 atom stereocenters. The number of rotatable bonds is 5. The molecule has 1 saturated heterocycles. The Labute approximate surface area is 179 Å². The van der Waals surface area contributed by atoms with E-state index in [1.165, 1.54) is 6.21 Å². The Hall–Kier alpha value is -3.49. The Morgan fingerprint density at radius 3 is 2.97 bits per heavy atom. The summed E-state index contributed by atoms with van der Waals surface area (Å²) in [5.74, 6) is 0.916. The lowest BCUT2D eigenvalue weighted by Gasteiger charge is -2.16. The summed E-state index contributed by atoms with van der Waals surface area (Å²) in [4.78, 5) is 5.49. The van der Waals surface area contributed by atoms with Gasteiger partial charge in [-0.05, 0) is 41.8 Å². The van der Waals surface area contributed by atoms with Crippen molar-refractivity contribution in [2.75, 3.05) is 32.0 Å². The minimum atomic E-state index is 0.370. The summed E-state index contributed by atoms with van der Waals surface area (Å²) < 4.78 is 11.5. The van der Waals surface area contributed by atoms with Crippen LogP contribution in [0.15, 0.2) is 47.0 Å². The Kier molecular flexibility index (Phi) is 5.23. The molecule has 1 fully saturated rings. The fourth-order valence-corrected chi connectivity index (χ4v) is 4.08. The molecule has 1 aliphatic heterocycles. The summed E-state index contributed by atoms with van der Waals surface area (Å²) in [7, 11) is 0. The van der Waals surface area contributed by atoms with E-state index in [-0.39, 0.29) is 0 Å². The van der Waals surface area contributed by atoms with Crippen LogP contribution in [0.25, 0.3) is 33.5 Å². The normalized spacial score (nSPS) is 15.2. The lowest BCUT2D eigenvalue weighted by atomic mass is 9.96. The van der Waals surface area contributed by atoms with E-state index in [0.717, 1.165) is 48.1 Å². The van der Waals surface area contributed by atoms with Crippen molar-refractivity contribution in [3.05, 3.63) is 54.0 Å². The van der Waals surface area contributed by atoms with Crippen molar-refractivity contribution in [2.45, 2.75) is 13.0 Å². The monoisotopic (exact) mass is 416 g/mol. The number of ether oxygens (including phenoxy) is 1. The maximum atomic E-state index is 7.87. The first-order valence-corrected chi connectivity index (χ1v) is 10.4. The van der Waals surface area contributed by atoms with E-state index < -0.39 is 0 Å². The highest BCUT2D eigenvalue weighted by molar-refractivity contribution is 6.00. The highest BCUT2D eigenvalue weighted by Crippen LogP contribution is 2.35. The molecule has 31 heavy (non-hydrogen) atoms. The van der Waals surface area contributed by atoms with Crippen molar-refractivity contribution < 1.29 is 9.15 Å². The minimum Gasteiger partial charge on any atom is -0.419 e. The van der Waals surface area contributed by atoms with Crippen LogP contribution < -0.4 is 5.73 Å². The summed E-state index contributed by atoms with van der Waals surface area (Å²) in [6.07, 6.45) is 4.14. The third-order valence-corrected chi connectivity index (χ3v) is 5.63. The Bertz CT molecular complexity index is 1220. The van der Waals surface area contributed by atoms with Crippen molar-refractivity contribution in [3.8, 4) is 22.6 Å². The maximum absolute atomic E-state index is 7.87. The molecule has 0 spiro atoms. The predicted octanol–water partition coefficient (Wildman–Crippen LogP) is 3.69. The van der Waals surface area contributed by atoms with Gasteiger partial charge >= 0.3 is 0 Å². The van der Waals surface area contributed by atoms with Crippen LogP contribution in [0, 0.1) is 5.41 Å². The molecule has 0 amide bonds. The van der Waals surface area contributed by atoms with E-state index >= 15 is 0 Å². The number of aromatic amines is 1. The number of H-pyrrole nitrogens is 1. The summed E-state index contributed by atoms with van der Waals surface area (Å²) in [6.45, 7) is 3.85. The average Bonchev–Trinajstić information content (AvgIpc) is 3.37. The molecule has 8 nitrogen and oxygen atoms in total. The molecule has 5 rings (SSSR count). The second kappa shape index (κ2) is 8.33. The Morgan fingerprint density at radius 2 is 2.06 bits per heavy atom. The second-order valence-corrected chi connectivity index (χ2v) is 7.66. The number of fused-ring (bicyclic) bond motifs is 1. The van der Waals surface area contributed by atoms with Crippen LogP contribution in [0.5, 0.6) is 0 Å². The van der Waals surface area contributed by atoms with Gasteiger partial charge in [-0.3, -0.25) is 4.90 Å². The molecule has 2 aromatic heterocycles. The van der Waals surface area contributed by atoms with E-state index in [9.17, 15) is 0 Å². The van der Waals surface area contributed by atoms with E-state index in [0.29, 0.717) is 41.7 Å². The van der Waals surface area contributed by atoms with Crippen molar-refractivity contribution in [2.24, 2.45) is 0 Å². The summed E-state index contributed by atoms with van der Waals surface area (Å²) in [5, 5.41) is 17.5. The number of anilines is 1. The van der Waals surface area contributed by atoms with Crippen LogP contribution in [0.4, 0.5) is 5.69 Å². The van der Waals surface area contributed by atoms with Gasteiger partial charge in [0.1, 0.15) is 0 Å². The van der Waals surface area contributed by atoms with Crippen molar-refractivity contribution in [3.63, 3.8) is 0 Å². The van der Waals surface area contributed by atoms with E-state index in [1.807, 2.05) is 36.5 Å². The predicted molar refractivity (Wildman–Crippen MR) is 120 cm³/mol. The zero-order valence-corrected chi connectivity index (χ0v) is 17.1. The number of nitrogens with zero attached hydrogens (tertiary/aromatic N) is 3. The molecule has 0 unspecified atom stereocenters. The van der Waals surface area contributed by atoms with Crippen LogP contribution in [0.1, 0.15) is 17.9 Å². The molecule has 3 heterocycles. The zero-order valence-electron chi connectivity index (χ0n) is 17.1. The third kappa shape index (κ3) is 3.83. The van der Waals surface area contributed by atoms with Crippen molar-refractivity contribution in [1.82, 2.24) is 20.1 Å². The number of aromatic nitrogens is 3. The standard InChI is InChI=1S/C23H24N6O2/c24-13-19-18(23-28-27-22(31-23)14-29-7-2-9-30-10-8-29)11-15(12-20(19)25)16-3-1-4-21-17(16)5-6-26-21/h1,3-6,11-13,24,26H,2,7-10,14,25H2. The van der Waals surface area contributed by atoms with Gasteiger partial charge in [0.05, 0.1) is 18.7 Å². The molecule has 8 heteroatoms. The SMILES string of the molecule is N=Cc1c(N)cc(-c2cccc3[nH]ccc23)cc1-c1nnc(CN2CCCOCC2)o1. The highest BCUT2D eigenvalue weighted by Gasteiger charge is 2.19. The fourth-order valence-electron chi connectivity index (χ4n) is 4.08. The van der Waals surface area contributed by atoms with Gasteiger partial charge in [-0.15, -0.1) is 10.2 Å². The quantitative estimate of drug-likeness (QED) is 0.337. The van der Waals surface area contributed by atoms with Crippen LogP contribution in [0.2, 0.25) is 0 Å². The lowest BCUT2D eigenvalue weighted by Crippen LogP contribution is -2.25. The van der Waals surface area contributed by atoms with Crippen LogP contribution in [0.3, 0.4) is 0 Å². The summed E-state index contributed by atoms with van der Waals surface area (Å²) >= 11 is 0. The number of nitrogens with two attached hydrogens (primary N) is 1. The topological polar surface area (TPSA) is 117 Å². The van der Waals surface area contributed by atoms with Gasteiger partial charge in [-0.1, -0.05) is 12.1 Å². The van der Waals surface area contributed by atoms with E-state index in [2.05, 4.69) is 26.1 Å². The largest absolute Gasteiger partial charge is 0.419 e. The van der Waals surface area contributed by atoms with Gasteiger partial charge < -0.3 is 25.3 Å². The molecule has 4 N–H and O–H groups in total. The first-order chi connectivity index (χ1) is 15.2. The number of hydrogen-bond donors (Lipinski definition) is 3. The minimum absolute atomic E-state index is 0.370. The highest BCUT2D eigenvalue weighted by atomic mass is 16.5. The number of nitrogen functional groups attached to an aromatic ring is 1. The van der Waals surface area contributed by atoms with Crippen LogP contribution in [-0.2, 0) is 11.3 Å². The molecule has 4 aromatic rings.